The molecule has 0 fully saturated rings. The number of halogens is 1. The van der Waals surface area contributed by atoms with Gasteiger partial charge in [-0.2, -0.15) is 0 Å². The predicted octanol–water partition coefficient (Wildman–Crippen LogP) is 3.14. The van der Waals surface area contributed by atoms with Gasteiger partial charge in [-0.25, -0.2) is 0 Å². The van der Waals surface area contributed by atoms with Crippen LogP contribution >= 0.6 is 15.9 Å². The first kappa shape index (κ1) is 14.4. The minimum Gasteiger partial charge on any atom is -0.492 e. The van der Waals surface area contributed by atoms with Crippen LogP contribution in [0, 0.1) is 0 Å². The second kappa shape index (κ2) is 5.16. The lowest BCUT2D eigenvalue weighted by Gasteiger charge is -2.16. The van der Waals surface area contributed by atoms with Crippen LogP contribution in [0.3, 0.4) is 0 Å². The Morgan fingerprint density at radius 1 is 1.42 bits per heavy atom. The van der Waals surface area contributed by atoms with Crippen molar-refractivity contribution in [3.63, 3.8) is 0 Å². The first-order valence-electron chi connectivity index (χ1n) is 6.47. The van der Waals surface area contributed by atoms with Gasteiger partial charge in [0.1, 0.15) is 5.75 Å². The van der Waals surface area contributed by atoms with Crippen LogP contribution in [0.25, 0.3) is 0 Å². The van der Waals surface area contributed by atoms with Crippen LogP contribution in [-0.2, 0) is 16.6 Å². The molecule has 0 saturated carbocycles. The van der Waals surface area contributed by atoms with Gasteiger partial charge < -0.3 is 9.64 Å². The summed E-state index contributed by atoms with van der Waals surface area (Å²) in [5, 5.41) is 0. The molecule has 0 saturated heterocycles. The number of benzene rings is 1. The minimum absolute atomic E-state index is 0.0411. The standard InChI is InChI=1S/C15H20BrNO2/c1-15(2)9-19-14-10(5-6-13(18)17(3)4)7-11(16)8-12(14)15/h7-8H,5-6,9H2,1-4H3. The SMILES string of the molecule is CN(C)C(=O)CCc1cc(Br)cc2c1OCC2(C)C. The van der Waals surface area contributed by atoms with Crippen molar-refractivity contribution in [1.29, 1.82) is 0 Å². The summed E-state index contributed by atoms with van der Waals surface area (Å²) in [6.45, 7) is 5.06. The van der Waals surface area contributed by atoms with Gasteiger partial charge in [-0.05, 0) is 24.1 Å². The lowest BCUT2D eigenvalue weighted by atomic mass is 9.86. The highest BCUT2D eigenvalue weighted by atomic mass is 79.9. The number of carbonyl (C=O) groups is 1. The van der Waals surface area contributed by atoms with Crippen molar-refractivity contribution in [2.24, 2.45) is 0 Å². The van der Waals surface area contributed by atoms with E-state index in [0.717, 1.165) is 22.2 Å². The summed E-state index contributed by atoms with van der Waals surface area (Å²) >= 11 is 3.55. The van der Waals surface area contributed by atoms with Crippen LogP contribution < -0.4 is 4.74 Å². The van der Waals surface area contributed by atoms with Crippen LogP contribution in [0.1, 0.15) is 31.4 Å². The number of rotatable bonds is 3. The summed E-state index contributed by atoms with van der Waals surface area (Å²) in [5.74, 6) is 1.12. The number of hydrogen-bond donors (Lipinski definition) is 0. The van der Waals surface area contributed by atoms with E-state index in [4.69, 9.17) is 4.74 Å². The summed E-state index contributed by atoms with van der Waals surface area (Å²) in [7, 11) is 3.57. The summed E-state index contributed by atoms with van der Waals surface area (Å²) < 4.78 is 6.90. The maximum atomic E-state index is 11.7. The van der Waals surface area contributed by atoms with Crippen molar-refractivity contribution in [2.75, 3.05) is 20.7 Å². The van der Waals surface area contributed by atoms with Crippen LogP contribution in [0.4, 0.5) is 0 Å². The third-order valence-electron chi connectivity index (χ3n) is 3.54. The molecule has 104 valence electrons. The third kappa shape index (κ3) is 2.94. The number of hydrogen-bond acceptors (Lipinski definition) is 2. The Balaban J connectivity index is 2.25. The molecule has 2 rings (SSSR count). The van der Waals surface area contributed by atoms with Gasteiger partial charge >= 0.3 is 0 Å². The number of nitrogens with zero attached hydrogens (tertiary/aromatic N) is 1. The molecular formula is C15H20BrNO2. The molecule has 0 N–H and O–H groups in total. The Bertz CT molecular complexity index is 509. The number of amides is 1. The Morgan fingerprint density at radius 3 is 2.74 bits per heavy atom. The van der Waals surface area contributed by atoms with E-state index in [1.54, 1.807) is 19.0 Å². The molecule has 1 heterocycles. The largest absolute Gasteiger partial charge is 0.492 e. The lowest BCUT2D eigenvalue weighted by Crippen LogP contribution is -2.21. The van der Waals surface area contributed by atoms with Gasteiger partial charge in [0.25, 0.3) is 0 Å². The maximum absolute atomic E-state index is 11.7. The van der Waals surface area contributed by atoms with Gasteiger partial charge in [-0.3, -0.25) is 4.79 Å². The molecule has 19 heavy (non-hydrogen) atoms. The maximum Gasteiger partial charge on any atom is 0.222 e. The average Bonchev–Trinajstić information content (AvgIpc) is 2.62. The summed E-state index contributed by atoms with van der Waals surface area (Å²) in [6.07, 6.45) is 1.23. The Hall–Kier alpha value is -1.03. The second-order valence-corrected chi connectivity index (χ2v) is 6.82. The smallest absolute Gasteiger partial charge is 0.222 e. The molecule has 0 aromatic heterocycles. The van der Waals surface area contributed by atoms with E-state index in [1.807, 2.05) is 0 Å². The summed E-state index contributed by atoms with van der Waals surface area (Å²) in [5.41, 5.74) is 2.39. The molecule has 0 bridgehead atoms. The first-order valence-corrected chi connectivity index (χ1v) is 7.26. The normalized spacial score (nSPS) is 15.8. The van der Waals surface area contributed by atoms with Crippen LogP contribution in [-0.4, -0.2) is 31.5 Å². The third-order valence-corrected chi connectivity index (χ3v) is 4.00. The lowest BCUT2D eigenvalue weighted by molar-refractivity contribution is -0.128. The summed E-state index contributed by atoms with van der Waals surface area (Å²) in [6, 6.07) is 4.18. The molecule has 0 unspecified atom stereocenters. The fourth-order valence-corrected chi connectivity index (χ4v) is 2.81. The fourth-order valence-electron chi connectivity index (χ4n) is 2.30. The molecule has 1 amide bonds. The Labute approximate surface area is 123 Å². The van der Waals surface area contributed by atoms with Crippen molar-refractivity contribution in [3.05, 3.63) is 27.7 Å². The molecule has 0 spiro atoms. The Kier molecular flexibility index (Phi) is 3.90. The first-order chi connectivity index (χ1) is 8.81. The number of ether oxygens (including phenoxy) is 1. The Morgan fingerprint density at radius 2 is 2.11 bits per heavy atom. The zero-order valence-corrected chi connectivity index (χ0v) is 13.5. The van der Waals surface area contributed by atoms with Crippen molar-refractivity contribution in [1.82, 2.24) is 4.90 Å². The quantitative estimate of drug-likeness (QED) is 0.854. The van der Waals surface area contributed by atoms with E-state index in [2.05, 4.69) is 41.9 Å². The van der Waals surface area contributed by atoms with Gasteiger partial charge in [0, 0.05) is 36.0 Å². The van der Waals surface area contributed by atoms with Crippen molar-refractivity contribution < 1.29 is 9.53 Å². The van der Waals surface area contributed by atoms with E-state index in [-0.39, 0.29) is 11.3 Å². The van der Waals surface area contributed by atoms with Crippen molar-refractivity contribution >= 4 is 21.8 Å². The highest BCUT2D eigenvalue weighted by molar-refractivity contribution is 9.10. The minimum atomic E-state index is 0.0411. The highest BCUT2D eigenvalue weighted by Gasteiger charge is 2.33. The van der Waals surface area contributed by atoms with Gasteiger partial charge in [0.15, 0.2) is 0 Å². The zero-order chi connectivity index (χ0) is 14.2. The van der Waals surface area contributed by atoms with Gasteiger partial charge in [-0.15, -0.1) is 0 Å². The van der Waals surface area contributed by atoms with E-state index >= 15 is 0 Å². The van der Waals surface area contributed by atoms with E-state index in [0.29, 0.717) is 13.0 Å². The molecule has 0 atom stereocenters. The highest BCUT2D eigenvalue weighted by Crippen LogP contribution is 2.42. The molecule has 0 radical (unpaired) electrons. The molecule has 1 aliphatic heterocycles. The van der Waals surface area contributed by atoms with Gasteiger partial charge in [0.05, 0.1) is 6.61 Å². The molecular weight excluding hydrogens is 306 g/mol. The van der Waals surface area contributed by atoms with E-state index in [9.17, 15) is 4.79 Å². The van der Waals surface area contributed by atoms with Gasteiger partial charge in [-0.1, -0.05) is 29.8 Å². The molecule has 4 heteroatoms. The molecule has 0 aliphatic carbocycles. The van der Waals surface area contributed by atoms with Crippen LogP contribution in [0.2, 0.25) is 0 Å². The van der Waals surface area contributed by atoms with Crippen LogP contribution in [0.5, 0.6) is 5.75 Å². The van der Waals surface area contributed by atoms with Crippen molar-refractivity contribution in [3.8, 4) is 5.75 Å². The van der Waals surface area contributed by atoms with E-state index < -0.39 is 0 Å². The van der Waals surface area contributed by atoms with Gasteiger partial charge in [0.2, 0.25) is 5.91 Å². The average molecular weight is 326 g/mol. The topological polar surface area (TPSA) is 29.5 Å². The number of carbonyl (C=O) groups excluding carboxylic acids is 1. The molecule has 3 nitrogen and oxygen atoms in total. The molecule has 1 aromatic carbocycles. The number of fused-ring (bicyclic) bond motifs is 1. The number of aryl methyl sites for hydroxylation is 1. The fraction of sp³-hybridized carbons (Fsp3) is 0.533. The second-order valence-electron chi connectivity index (χ2n) is 5.90. The monoisotopic (exact) mass is 325 g/mol. The molecule has 1 aliphatic rings. The van der Waals surface area contributed by atoms with Crippen molar-refractivity contribution in [2.45, 2.75) is 32.1 Å². The van der Waals surface area contributed by atoms with E-state index in [1.165, 1.54) is 5.56 Å². The zero-order valence-electron chi connectivity index (χ0n) is 11.9. The van der Waals surface area contributed by atoms with Crippen LogP contribution in [0.15, 0.2) is 16.6 Å². The summed E-state index contributed by atoms with van der Waals surface area (Å²) in [4.78, 5) is 13.3. The molecule has 1 aromatic rings. The predicted molar refractivity (Wildman–Crippen MR) is 79.7 cm³/mol.